The van der Waals surface area contributed by atoms with Gasteiger partial charge in [-0.05, 0) is 13.8 Å². The molecule has 0 aromatic rings. The Morgan fingerprint density at radius 3 is 2.45 bits per heavy atom. The highest BCUT2D eigenvalue weighted by Gasteiger charge is 2.44. The van der Waals surface area contributed by atoms with Crippen LogP contribution in [0.2, 0.25) is 0 Å². The summed E-state index contributed by atoms with van der Waals surface area (Å²) in [5.74, 6) is -0.978. The molecule has 1 saturated heterocycles. The van der Waals surface area contributed by atoms with Gasteiger partial charge in [0.15, 0.2) is 0 Å². The van der Waals surface area contributed by atoms with Crippen molar-refractivity contribution in [3.8, 4) is 0 Å². The van der Waals surface area contributed by atoms with Crippen LogP contribution in [-0.2, 0) is 4.79 Å². The van der Waals surface area contributed by atoms with Gasteiger partial charge in [-0.3, -0.25) is 4.79 Å². The predicted octanol–water partition coefficient (Wildman–Crippen LogP) is 0.675. The lowest BCUT2D eigenvalue weighted by atomic mass is 10.0. The molecule has 1 aliphatic heterocycles. The van der Waals surface area contributed by atoms with Gasteiger partial charge < -0.3 is 10.4 Å². The molecule has 0 aromatic heterocycles. The SMILES string of the molecule is CC1(C)SC(=O)NC1C(=O)O. The van der Waals surface area contributed by atoms with E-state index in [2.05, 4.69) is 5.32 Å². The van der Waals surface area contributed by atoms with Gasteiger partial charge in [0.25, 0.3) is 5.24 Å². The van der Waals surface area contributed by atoms with Gasteiger partial charge in [-0.15, -0.1) is 0 Å². The second kappa shape index (κ2) is 2.41. The van der Waals surface area contributed by atoms with Crippen LogP contribution in [0.4, 0.5) is 4.79 Å². The summed E-state index contributed by atoms with van der Waals surface area (Å²) in [6, 6.07) is -0.764. The number of rotatable bonds is 1. The van der Waals surface area contributed by atoms with Crippen molar-refractivity contribution in [3.05, 3.63) is 0 Å². The second-order valence-corrected chi connectivity index (χ2v) is 4.54. The van der Waals surface area contributed by atoms with Gasteiger partial charge in [0.1, 0.15) is 6.04 Å². The van der Waals surface area contributed by atoms with Gasteiger partial charge >= 0.3 is 5.97 Å². The number of carboxylic acids is 1. The third-order valence-electron chi connectivity index (χ3n) is 1.56. The number of hydrogen-bond donors (Lipinski definition) is 2. The van der Waals surface area contributed by atoms with Gasteiger partial charge in [-0.1, -0.05) is 11.8 Å². The van der Waals surface area contributed by atoms with Crippen LogP contribution < -0.4 is 5.32 Å². The quantitative estimate of drug-likeness (QED) is 0.614. The van der Waals surface area contributed by atoms with Crippen molar-refractivity contribution in [3.63, 3.8) is 0 Å². The maximum absolute atomic E-state index is 10.8. The van der Waals surface area contributed by atoms with Crippen LogP contribution in [0.3, 0.4) is 0 Å². The lowest BCUT2D eigenvalue weighted by molar-refractivity contribution is -0.139. The normalized spacial score (nSPS) is 28.2. The fourth-order valence-corrected chi connectivity index (χ4v) is 1.91. The molecule has 0 radical (unpaired) electrons. The van der Waals surface area contributed by atoms with Crippen LogP contribution in [0, 0.1) is 0 Å². The summed E-state index contributed by atoms with van der Waals surface area (Å²) in [6.45, 7) is 3.46. The Morgan fingerprint density at radius 1 is 1.73 bits per heavy atom. The number of amides is 1. The molecule has 1 atom stereocenters. The Kier molecular flexibility index (Phi) is 1.83. The van der Waals surface area contributed by atoms with E-state index < -0.39 is 16.8 Å². The van der Waals surface area contributed by atoms with Crippen molar-refractivity contribution >= 4 is 23.0 Å². The van der Waals surface area contributed by atoms with Crippen LogP contribution >= 0.6 is 11.8 Å². The van der Waals surface area contributed by atoms with E-state index in [1.54, 1.807) is 13.8 Å². The van der Waals surface area contributed by atoms with Crippen molar-refractivity contribution in [2.45, 2.75) is 24.6 Å². The Balaban J connectivity index is 2.82. The number of carboxylic acid groups (broad SMARTS) is 1. The van der Waals surface area contributed by atoms with Crippen molar-refractivity contribution in [2.75, 3.05) is 0 Å². The topological polar surface area (TPSA) is 66.4 Å². The molecular formula is C6H9NO3S. The molecule has 1 rings (SSSR count). The van der Waals surface area contributed by atoms with Crippen LogP contribution in [0.5, 0.6) is 0 Å². The van der Waals surface area contributed by atoms with E-state index in [9.17, 15) is 9.59 Å². The molecule has 0 aliphatic carbocycles. The number of aliphatic carboxylic acids is 1. The van der Waals surface area contributed by atoms with E-state index in [0.29, 0.717) is 0 Å². The van der Waals surface area contributed by atoms with E-state index in [4.69, 9.17) is 5.11 Å². The van der Waals surface area contributed by atoms with Gasteiger partial charge in [-0.2, -0.15) is 0 Å². The second-order valence-electron chi connectivity index (χ2n) is 2.91. The molecule has 0 bridgehead atoms. The van der Waals surface area contributed by atoms with E-state index in [1.807, 2.05) is 0 Å². The molecule has 2 N–H and O–H groups in total. The third-order valence-corrected chi connectivity index (χ3v) is 2.63. The number of hydrogen-bond acceptors (Lipinski definition) is 3. The predicted molar refractivity (Wildman–Crippen MR) is 41.6 cm³/mol. The molecular weight excluding hydrogens is 166 g/mol. The largest absolute Gasteiger partial charge is 0.480 e. The van der Waals surface area contributed by atoms with Crippen molar-refractivity contribution in [1.29, 1.82) is 0 Å². The minimum absolute atomic E-state index is 0.262. The van der Waals surface area contributed by atoms with E-state index in [-0.39, 0.29) is 5.24 Å². The lowest BCUT2D eigenvalue weighted by Crippen LogP contribution is -2.43. The number of thioether (sulfide) groups is 1. The molecule has 0 saturated carbocycles. The minimum Gasteiger partial charge on any atom is -0.480 e. The smallest absolute Gasteiger partial charge is 0.327 e. The van der Waals surface area contributed by atoms with Crippen molar-refractivity contribution < 1.29 is 14.7 Å². The molecule has 1 heterocycles. The molecule has 5 heteroatoms. The zero-order valence-corrected chi connectivity index (χ0v) is 7.07. The van der Waals surface area contributed by atoms with E-state index in [1.165, 1.54) is 0 Å². The Morgan fingerprint density at radius 2 is 2.27 bits per heavy atom. The van der Waals surface area contributed by atoms with Gasteiger partial charge in [-0.25, -0.2) is 4.79 Å². The molecule has 62 valence electrons. The van der Waals surface area contributed by atoms with Crippen LogP contribution in [0.1, 0.15) is 13.8 Å². The molecule has 1 amide bonds. The molecule has 1 unspecified atom stereocenters. The molecule has 11 heavy (non-hydrogen) atoms. The summed E-state index contributed by atoms with van der Waals surface area (Å²) in [6.07, 6.45) is 0. The summed E-state index contributed by atoms with van der Waals surface area (Å²) < 4.78 is -0.539. The molecule has 0 aromatic carbocycles. The molecule has 1 aliphatic rings. The van der Waals surface area contributed by atoms with Crippen molar-refractivity contribution in [2.24, 2.45) is 0 Å². The molecule has 4 nitrogen and oxygen atoms in total. The molecule has 0 spiro atoms. The maximum Gasteiger partial charge on any atom is 0.327 e. The minimum atomic E-state index is -0.978. The summed E-state index contributed by atoms with van der Waals surface area (Å²) in [5, 5.41) is 10.7. The summed E-state index contributed by atoms with van der Waals surface area (Å²) in [4.78, 5) is 21.3. The standard InChI is InChI=1S/C6H9NO3S/c1-6(2)3(4(8)9)7-5(10)11-6/h3H,1-2H3,(H,7,10)(H,8,9). The highest BCUT2D eigenvalue weighted by molar-refractivity contribution is 8.15. The van der Waals surface area contributed by atoms with Gasteiger partial charge in [0.05, 0.1) is 4.75 Å². The van der Waals surface area contributed by atoms with E-state index >= 15 is 0 Å². The Hall–Kier alpha value is -0.710. The maximum atomic E-state index is 10.8. The van der Waals surface area contributed by atoms with Crippen LogP contribution in [-0.4, -0.2) is 27.1 Å². The van der Waals surface area contributed by atoms with E-state index in [0.717, 1.165) is 11.8 Å². The Labute approximate surface area is 68.3 Å². The first-order chi connectivity index (χ1) is 4.93. The number of carbonyl (C=O) groups excluding carboxylic acids is 1. The van der Waals surface area contributed by atoms with Crippen LogP contribution in [0.25, 0.3) is 0 Å². The Bertz CT molecular complexity index is 214. The first-order valence-electron chi connectivity index (χ1n) is 3.16. The molecule has 1 fully saturated rings. The summed E-state index contributed by atoms with van der Waals surface area (Å²) in [7, 11) is 0. The number of carbonyl (C=O) groups is 2. The van der Waals surface area contributed by atoms with Crippen molar-refractivity contribution in [1.82, 2.24) is 5.32 Å². The first kappa shape index (κ1) is 8.39. The van der Waals surface area contributed by atoms with Gasteiger partial charge in [0.2, 0.25) is 0 Å². The monoisotopic (exact) mass is 175 g/mol. The average molecular weight is 175 g/mol. The van der Waals surface area contributed by atoms with Gasteiger partial charge in [0, 0.05) is 0 Å². The zero-order chi connectivity index (χ0) is 8.65. The number of nitrogens with one attached hydrogen (secondary N) is 1. The zero-order valence-electron chi connectivity index (χ0n) is 6.25. The average Bonchev–Trinajstić information content (AvgIpc) is 2.04. The highest BCUT2D eigenvalue weighted by atomic mass is 32.2. The highest BCUT2D eigenvalue weighted by Crippen LogP contribution is 2.34. The third kappa shape index (κ3) is 1.48. The summed E-state index contributed by atoms with van der Waals surface area (Å²) in [5.41, 5.74) is 0. The lowest BCUT2D eigenvalue weighted by Gasteiger charge is -2.19. The first-order valence-corrected chi connectivity index (χ1v) is 3.97. The van der Waals surface area contributed by atoms with Crippen LogP contribution in [0.15, 0.2) is 0 Å². The fraction of sp³-hybridized carbons (Fsp3) is 0.667. The summed E-state index contributed by atoms with van der Waals surface area (Å²) >= 11 is 1.03. The fourth-order valence-electron chi connectivity index (χ4n) is 0.978.